The molecule has 0 saturated carbocycles. The monoisotopic (exact) mass is 385 g/mol. The Labute approximate surface area is 169 Å². The Morgan fingerprint density at radius 3 is 2.66 bits per heavy atom. The van der Waals surface area contributed by atoms with Gasteiger partial charge in [-0.25, -0.2) is 10.4 Å². The van der Waals surface area contributed by atoms with Crippen LogP contribution < -0.4 is 5.43 Å². The number of imidazole rings is 1. The molecule has 0 fully saturated rings. The van der Waals surface area contributed by atoms with Crippen LogP contribution in [0.15, 0.2) is 66.0 Å². The lowest BCUT2D eigenvalue weighted by molar-refractivity contribution is -0.121. The molecular formula is C23H23N5O. The quantitative estimate of drug-likeness (QED) is 0.418. The van der Waals surface area contributed by atoms with Crippen molar-refractivity contribution in [1.82, 2.24) is 19.5 Å². The van der Waals surface area contributed by atoms with Crippen LogP contribution in [0.2, 0.25) is 0 Å². The minimum atomic E-state index is -0.197. The first-order chi connectivity index (χ1) is 14.0. The Kier molecular flexibility index (Phi) is 4.99. The second-order valence-corrected chi connectivity index (χ2v) is 7.15. The van der Waals surface area contributed by atoms with Gasteiger partial charge in [0.2, 0.25) is 0 Å². The van der Waals surface area contributed by atoms with E-state index in [0.717, 1.165) is 33.7 Å². The molecule has 0 radical (unpaired) electrons. The SMILES string of the molecule is Cc1ccc(-n2c(C)cc(/C=N\NC(=O)Cn3cnc4ccccc43)c2C)cc1. The summed E-state index contributed by atoms with van der Waals surface area (Å²) in [7, 11) is 0. The van der Waals surface area contributed by atoms with Crippen LogP contribution in [0.1, 0.15) is 22.5 Å². The van der Waals surface area contributed by atoms with E-state index in [1.165, 1.54) is 5.56 Å². The number of aromatic nitrogens is 3. The Bertz CT molecular complexity index is 1200. The number of fused-ring (bicyclic) bond motifs is 1. The molecule has 0 bridgehead atoms. The molecule has 146 valence electrons. The number of hydrogen-bond donors (Lipinski definition) is 1. The van der Waals surface area contributed by atoms with Gasteiger partial charge in [0.1, 0.15) is 6.54 Å². The van der Waals surface area contributed by atoms with Gasteiger partial charge in [-0.15, -0.1) is 0 Å². The first kappa shape index (κ1) is 18.7. The molecule has 0 saturated heterocycles. The highest BCUT2D eigenvalue weighted by atomic mass is 16.2. The van der Waals surface area contributed by atoms with Gasteiger partial charge in [0.05, 0.1) is 23.6 Å². The fraction of sp³-hybridized carbons (Fsp3) is 0.174. The van der Waals surface area contributed by atoms with Crippen molar-refractivity contribution >= 4 is 23.2 Å². The number of nitrogens with one attached hydrogen (secondary N) is 1. The average Bonchev–Trinajstić information content (AvgIpc) is 3.23. The van der Waals surface area contributed by atoms with Crippen LogP contribution in [0.3, 0.4) is 0 Å². The maximum atomic E-state index is 12.3. The molecule has 0 spiro atoms. The summed E-state index contributed by atoms with van der Waals surface area (Å²) in [5.41, 5.74) is 9.90. The lowest BCUT2D eigenvalue weighted by Crippen LogP contribution is -2.22. The van der Waals surface area contributed by atoms with Crippen LogP contribution in [0.25, 0.3) is 16.7 Å². The normalized spacial score (nSPS) is 11.4. The molecule has 6 heteroatoms. The van der Waals surface area contributed by atoms with E-state index in [1.807, 2.05) is 35.8 Å². The van der Waals surface area contributed by atoms with Crippen molar-refractivity contribution in [3.05, 3.63) is 83.4 Å². The van der Waals surface area contributed by atoms with Gasteiger partial charge in [0.15, 0.2) is 0 Å². The van der Waals surface area contributed by atoms with Crippen molar-refractivity contribution in [1.29, 1.82) is 0 Å². The molecule has 2 aromatic carbocycles. The predicted molar refractivity (Wildman–Crippen MR) is 115 cm³/mol. The van der Waals surface area contributed by atoms with E-state index in [4.69, 9.17) is 0 Å². The number of benzene rings is 2. The van der Waals surface area contributed by atoms with E-state index in [0.29, 0.717) is 0 Å². The molecule has 2 aromatic heterocycles. The summed E-state index contributed by atoms with van der Waals surface area (Å²) in [6.45, 7) is 6.35. The summed E-state index contributed by atoms with van der Waals surface area (Å²) in [5.74, 6) is -0.197. The molecule has 1 amide bonds. The Morgan fingerprint density at radius 1 is 1.10 bits per heavy atom. The van der Waals surface area contributed by atoms with Crippen molar-refractivity contribution < 1.29 is 4.79 Å². The number of amides is 1. The zero-order valence-electron chi connectivity index (χ0n) is 16.8. The van der Waals surface area contributed by atoms with Crippen LogP contribution in [0, 0.1) is 20.8 Å². The minimum absolute atomic E-state index is 0.167. The minimum Gasteiger partial charge on any atom is -0.321 e. The standard InChI is InChI=1S/C23H23N5O/c1-16-8-10-20(11-9-16)28-17(2)12-19(18(28)3)13-25-26-23(29)14-27-15-24-21-6-4-5-7-22(21)27/h4-13,15H,14H2,1-3H3,(H,26,29)/b25-13-. The third-order valence-electron chi connectivity index (χ3n) is 5.00. The van der Waals surface area contributed by atoms with E-state index < -0.39 is 0 Å². The average molecular weight is 385 g/mol. The first-order valence-electron chi connectivity index (χ1n) is 9.50. The second kappa shape index (κ2) is 7.75. The van der Waals surface area contributed by atoms with Crippen molar-refractivity contribution in [2.75, 3.05) is 0 Å². The summed E-state index contributed by atoms with van der Waals surface area (Å²) in [6.07, 6.45) is 3.36. The molecule has 0 unspecified atom stereocenters. The number of hydrogen-bond acceptors (Lipinski definition) is 3. The van der Waals surface area contributed by atoms with Crippen LogP contribution in [0.5, 0.6) is 0 Å². The van der Waals surface area contributed by atoms with Gasteiger partial charge in [-0.1, -0.05) is 29.8 Å². The Morgan fingerprint density at radius 2 is 1.86 bits per heavy atom. The molecule has 0 aliphatic carbocycles. The highest BCUT2D eigenvalue weighted by Gasteiger charge is 2.10. The van der Waals surface area contributed by atoms with Gasteiger partial charge in [0, 0.05) is 22.6 Å². The second-order valence-electron chi connectivity index (χ2n) is 7.15. The number of rotatable bonds is 5. The maximum Gasteiger partial charge on any atom is 0.260 e. The van der Waals surface area contributed by atoms with E-state index in [2.05, 4.69) is 64.3 Å². The maximum absolute atomic E-state index is 12.3. The number of aryl methyl sites for hydroxylation is 2. The zero-order chi connectivity index (χ0) is 20.4. The van der Waals surface area contributed by atoms with Gasteiger partial charge in [-0.2, -0.15) is 5.10 Å². The molecule has 2 heterocycles. The summed E-state index contributed by atoms with van der Waals surface area (Å²) < 4.78 is 3.99. The number of carbonyl (C=O) groups is 1. The van der Waals surface area contributed by atoms with Crippen molar-refractivity contribution in [2.45, 2.75) is 27.3 Å². The third-order valence-corrected chi connectivity index (χ3v) is 5.00. The zero-order valence-corrected chi connectivity index (χ0v) is 16.8. The lowest BCUT2D eigenvalue weighted by atomic mass is 10.2. The van der Waals surface area contributed by atoms with E-state index in [9.17, 15) is 4.79 Å². The molecule has 0 aliphatic rings. The summed E-state index contributed by atoms with van der Waals surface area (Å²) in [6, 6.07) is 18.2. The summed E-state index contributed by atoms with van der Waals surface area (Å²) in [4.78, 5) is 16.6. The van der Waals surface area contributed by atoms with Gasteiger partial charge < -0.3 is 9.13 Å². The summed E-state index contributed by atoms with van der Waals surface area (Å²) in [5, 5.41) is 4.15. The van der Waals surface area contributed by atoms with Crippen molar-refractivity contribution in [3.63, 3.8) is 0 Å². The highest BCUT2D eigenvalue weighted by molar-refractivity contribution is 5.85. The van der Waals surface area contributed by atoms with Crippen molar-refractivity contribution in [2.24, 2.45) is 5.10 Å². The first-order valence-corrected chi connectivity index (χ1v) is 9.50. The Hall–Kier alpha value is -3.67. The fourth-order valence-corrected chi connectivity index (χ4v) is 3.51. The van der Waals surface area contributed by atoms with Gasteiger partial charge >= 0.3 is 0 Å². The Balaban J connectivity index is 1.46. The smallest absolute Gasteiger partial charge is 0.260 e. The predicted octanol–water partition coefficient (Wildman–Crippen LogP) is 3.90. The molecule has 6 nitrogen and oxygen atoms in total. The fourth-order valence-electron chi connectivity index (χ4n) is 3.51. The van der Waals surface area contributed by atoms with E-state index in [1.54, 1.807) is 12.5 Å². The number of hydrazone groups is 1. The van der Waals surface area contributed by atoms with Crippen LogP contribution >= 0.6 is 0 Å². The van der Waals surface area contributed by atoms with Crippen LogP contribution in [0.4, 0.5) is 0 Å². The number of para-hydroxylation sites is 2. The largest absolute Gasteiger partial charge is 0.321 e. The molecule has 0 atom stereocenters. The van der Waals surface area contributed by atoms with Crippen LogP contribution in [-0.4, -0.2) is 26.2 Å². The third kappa shape index (κ3) is 3.82. The molecule has 4 aromatic rings. The molecular weight excluding hydrogens is 362 g/mol. The molecule has 1 N–H and O–H groups in total. The van der Waals surface area contributed by atoms with Gasteiger partial charge in [-0.05, 0) is 51.1 Å². The van der Waals surface area contributed by atoms with Gasteiger partial charge in [0.25, 0.3) is 5.91 Å². The number of carbonyl (C=O) groups excluding carboxylic acids is 1. The molecule has 4 rings (SSSR count). The van der Waals surface area contributed by atoms with E-state index in [-0.39, 0.29) is 12.5 Å². The number of nitrogens with zero attached hydrogens (tertiary/aromatic N) is 4. The van der Waals surface area contributed by atoms with Crippen LogP contribution in [-0.2, 0) is 11.3 Å². The topological polar surface area (TPSA) is 64.2 Å². The molecule has 0 aliphatic heterocycles. The summed E-state index contributed by atoms with van der Waals surface area (Å²) >= 11 is 0. The highest BCUT2D eigenvalue weighted by Crippen LogP contribution is 2.20. The van der Waals surface area contributed by atoms with Gasteiger partial charge in [-0.3, -0.25) is 4.79 Å². The lowest BCUT2D eigenvalue weighted by Gasteiger charge is -2.09. The van der Waals surface area contributed by atoms with Crippen molar-refractivity contribution in [3.8, 4) is 5.69 Å². The van der Waals surface area contributed by atoms with E-state index >= 15 is 0 Å². The molecule has 29 heavy (non-hydrogen) atoms.